The molecule has 2 aromatic carbocycles. The second kappa shape index (κ2) is 8.10. The van der Waals surface area contributed by atoms with Gasteiger partial charge in [-0.15, -0.1) is 0 Å². The molecular formula is C17H14N4O3. The van der Waals surface area contributed by atoms with Crippen molar-refractivity contribution in [3.8, 4) is 6.07 Å². The molecule has 0 aromatic heterocycles. The number of non-ortho nitro benzene ring substituents is 1. The molecule has 7 heteroatoms. The van der Waals surface area contributed by atoms with E-state index in [9.17, 15) is 14.9 Å². The number of nitrogens with zero attached hydrogens (tertiary/aromatic N) is 2. The number of hydrogen-bond donors (Lipinski definition) is 2. The van der Waals surface area contributed by atoms with Gasteiger partial charge in [-0.3, -0.25) is 14.9 Å². The molecule has 0 saturated carbocycles. The summed E-state index contributed by atoms with van der Waals surface area (Å²) in [6.07, 6.45) is 1.34. The van der Waals surface area contributed by atoms with Crippen LogP contribution in [-0.2, 0) is 11.3 Å². The number of nitro groups is 1. The van der Waals surface area contributed by atoms with Gasteiger partial charge in [-0.25, -0.2) is 0 Å². The molecule has 0 saturated heterocycles. The van der Waals surface area contributed by atoms with E-state index in [0.717, 1.165) is 5.56 Å². The predicted octanol–water partition coefficient (Wildman–Crippen LogP) is 2.73. The van der Waals surface area contributed by atoms with Crippen molar-refractivity contribution in [2.24, 2.45) is 0 Å². The molecule has 1 amide bonds. The maximum absolute atomic E-state index is 12.0. The highest BCUT2D eigenvalue weighted by atomic mass is 16.6. The Morgan fingerprint density at radius 1 is 1.17 bits per heavy atom. The van der Waals surface area contributed by atoms with Gasteiger partial charge in [0.05, 0.1) is 4.92 Å². The third kappa shape index (κ3) is 4.68. The van der Waals surface area contributed by atoms with Gasteiger partial charge in [-0.2, -0.15) is 5.26 Å². The summed E-state index contributed by atoms with van der Waals surface area (Å²) in [6.45, 7) is 0.483. The van der Waals surface area contributed by atoms with Crippen LogP contribution >= 0.6 is 0 Å². The number of nitriles is 1. The Bertz CT molecular complexity index is 793. The number of rotatable bonds is 6. The maximum atomic E-state index is 12.0. The molecule has 7 nitrogen and oxygen atoms in total. The first-order valence-corrected chi connectivity index (χ1v) is 7.03. The fourth-order valence-electron chi connectivity index (χ4n) is 1.88. The SMILES string of the molecule is N#C/C(=C/NCc1ccccc1)C(=O)Nc1ccc([N+](=O)[O-])cc1. The Labute approximate surface area is 138 Å². The average Bonchev–Trinajstić information content (AvgIpc) is 2.60. The van der Waals surface area contributed by atoms with E-state index in [1.165, 1.54) is 30.5 Å². The van der Waals surface area contributed by atoms with Gasteiger partial charge in [0.15, 0.2) is 0 Å². The summed E-state index contributed by atoms with van der Waals surface area (Å²) in [5.41, 5.74) is 1.22. The number of benzene rings is 2. The van der Waals surface area contributed by atoms with Crippen LogP contribution in [0.1, 0.15) is 5.56 Å². The van der Waals surface area contributed by atoms with Crippen molar-refractivity contribution in [1.29, 1.82) is 5.26 Å². The molecule has 2 aromatic rings. The number of carbonyl (C=O) groups is 1. The van der Waals surface area contributed by atoms with Gasteiger partial charge < -0.3 is 10.6 Å². The highest BCUT2D eigenvalue weighted by molar-refractivity contribution is 6.06. The van der Waals surface area contributed by atoms with Crippen molar-refractivity contribution >= 4 is 17.3 Å². The van der Waals surface area contributed by atoms with Crippen LogP contribution in [0.2, 0.25) is 0 Å². The maximum Gasteiger partial charge on any atom is 0.269 e. The summed E-state index contributed by atoms with van der Waals surface area (Å²) in [5, 5.41) is 25.1. The molecule has 0 radical (unpaired) electrons. The van der Waals surface area contributed by atoms with Crippen LogP contribution in [-0.4, -0.2) is 10.8 Å². The molecular weight excluding hydrogens is 308 g/mol. The van der Waals surface area contributed by atoms with Crippen molar-refractivity contribution < 1.29 is 9.72 Å². The van der Waals surface area contributed by atoms with Crippen LogP contribution in [0.4, 0.5) is 11.4 Å². The van der Waals surface area contributed by atoms with E-state index in [-0.39, 0.29) is 11.3 Å². The quantitative estimate of drug-likeness (QED) is 0.368. The van der Waals surface area contributed by atoms with Crippen LogP contribution in [0.5, 0.6) is 0 Å². The van der Waals surface area contributed by atoms with Crippen LogP contribution in [0, 0.1) is 21.4 Å². The number of hydrogen-bond acceptors (Lipinski definition) is 5. The van der Waals surface area contributed by atoms with E-state index in [0.29, 0.717) is 12.2 Å². The molecule has 2 rings (SSSR count). The van der Waals surface area contributed by atoms with Gasteiger partial charge in [0.25, 0.3) is 11.6 Å². The van der Waals surface area contributed by atoms with E-state index in [2.05, 4.69) is 10.6 Å². The summed E-state index contributed by atoms with van der Waals surface area (Å²) in [7, 11) is 0. The molecule has 0 fully saturated rings. The van der Waals surface area contributed by atoms with Gasteiger partial charge in [0.2, 0.25) is 0 Å². The first kappa shape index (κ1) is 16.7. The van der Waals surface area contributed by atoms with Crippen LogP contribution < -0.4 is 10.6 Å². The molecule has 0 aliphatic rings. The Morgan fingerprint density at radius 3 is 2.42 bits per heavy atom. The Morgan fingerprint density at radius 2 is 1.83 bits per heavy atom. The summed E-state index contributed by atoms with van der Waals surface area (Å²) in [4.78, 5) is 22.1. The van der Waals surface area contributed by atoms with Gasteiger partial charge in [-0.05, 0) is 17.7 Å². The summed E-state index contributed by atoms with van der Waals surface area (Å²) < 4.78 is 0. The lowest BCUT2D eigenvalue weighted by molar-refractivity contribution is -0.384. The number of carbonyl (C=O) groups excluding carboxylic acids is 1. The molecule has 0 spiro atoms. The number of nitro benzene ring substituents is 1. The monoisotopic (exact) mass is 322 g/mol. The fraction of sp³-hybridized carbons (Fsp3) is 0.0588. The van der Waals surface area contributed by atoms with Gasteiger partial charge in [0, 0.05) is 30.6 Å². The predicted molar refractivity (Wildman–Crippen MR) is 88.7 cm³/mol. The zero-order valence-corrected chi connectivity index (χ0v) is 12.6. The molecule has 0 unspecified atom stereocenters. The lowest BCUT2D eigenvalue weighted by Crippen LogP contribution is -2.16. The van der Waals surface area contributed by atoms with E-state index in [4.69, 9.17) is 5.26 Å². The van der Waals surface area contributed by atoms with Crippen molar-refractivity contribution in [1.82, 2.24) is 5.32 Å². The number of anilines is 1. The van der Waals surface area contributed by atoms with Crippen LogP contribution in [0.25, 0.3) is 0 Å². The first-order valence-electron chi connectivity index (χ1n) is 7.03. The Balaban J connectivity index is 1.96. The van der Waals surface area contributed by atoms with E-state index in [1.807, 2.05) is 36.4 Å². The van der Waals surface area contributed by atoms with Gasteiger partial charge >= 0.3 is 0 Å². The lowest BCUT2D eigenvalue weighted by atomic mass is 10.2. The number of amides is 1. The Kier molecular flexibility index (Phi) is 5.64. The normalized spacial score (nSPS) is 10.5. The van der Waals surface area contributed by atoms with Crippen molar-refractivity contribution in [2.45, 2.75) is 6.54 Å². The topological polar surface area (TPSA) is 108 Å². The molecule has 0 atom stereocenters. The Hall–Kier alpha value is -3.66. The molecule has 0 bridgehead atoms. The van der Waals surface area contributed by atoms with Gasteiger partial charge in [0.1, 0.15) is 11.6 Å². The molecule has 2 N–H and O–H groups in total. The first-order chi connectivity index (χ1) is 11.6. The van der Waals surface area contributed by atoms with E-state index < -0.39 is 10.8 Å². The van der Waals surface area contributed by atoms with Crippen molar-refractivity contribution in [3.63, 3.8) is 0 Å². The lowest BCUT2D eigenvalue weighted by Gasteiger charge is -2.05. The minimum atomic E-state index is -0.591. The minimum absolute atomic E-state index is 0.0754. The highest BCUT2D eigenvalue weighted by Crippen LogP contribution is 2.15. The van der Waals surface area contributed by atoms with Crippen LogP contribution in [0.15, 0.2) is 66.4 Å². The third-order valence-corrected chi connectivity index (χ3v) is 3.10. The standard InChI is InChI=1S/C17H14N4O3/c18-10-14(12-19-11-13-4-2-1-3-5-13)17(22)20-15-6-8-16(9-7-15)21(23)24/h1-9,12,19H,11H2,(H,20,22)/b14-12-. The summed E-state index contributed by atoms with van der Waals surface area (Å²) in [5.74, 6) is -0.591. The molecule has 24 heavy (non-hydrogen) atoms. The van der Waals surface area contributed by atoms with Crippen molar-refractivity contribution in [2.75, 3.05) is 5.32 Å². The van der Waals surface area contributed by atoms with E-state index >= 15 is 0 Å². The largest absolute Gasteiger partial charge is 0.386 e. The molecule has 0 aliphatic carbocycles. The van der Waals surface area contributed by atoms with Crippen LogP contribution in [0.3, 0.4) is 0 Å². The second-order valence-corrected chi connectivity index (χ2v) is 4.79. The summed E-state index contributed by atoms with van der Waals surface area (Å²) >= 11 is 0. The average molecular weight is 322 g/mol. The second-order valence-electron chi connectivity index (χ2n) is 4.79. The summed E-state index contributed by atoms with van der Waals surface area (Å²) in [6, 6.07) is 16.7. The zero-order chi connectivity index (χ0) is 17.4. The minimum Gasteiger partial charge on any atom is -0.386 e. The molecule has 0 aliphatic heterocycles. The smallest absolute Gasteiger partial charge is 0.269 e. The molecule has 0 heterocycles. The van der Waals surface area contributed by atoms with Crippen molar-refractivity contribution in [3.05, 3.63) is 82.0 Å². The number of nitrogens with one attached hydrogen (secondary N) is 2. The fourth-order valence-corrected chi connectivity index (χ4v) is 1.88. The van der Waals surface area contributed by atoms with Gasteiger partial charge in [-0.1, -0.05) is 30.3 Å². The van der Waals surface area contributed by atoms with E-state index in [1.54, 1.807) is 0 Å². The molecule has 120 valence electrons. The zero-order valence-electron chi connectivity index (χ0n) is 12.6. The highest BCUT2D eigenvalue weighted by Gasteiger charge is 2.10. The third-order valence-electron chi connectivity index (χ3n) is 3.10.